The Hall–Kier alpha value is -0.660. The molecule has 6 nitrogen and oxygen atoms in total. The van der Waals surface area contributed by atoms with Crippen LogP contribution in [0.2, 0.25) is 0 Å². The van der Waals surface area contributed by atoms with Crippen LogP contribution in [-0.4, -0.2) is 46.3 Å². The highest BCUT2D eigenvalue weighted by atomic mass is 32.2. The van der Waals surface area contributed by atoms with Crippen LogP contribution in [0.1, 0.15) is 19.8 Å². The van der Waals surface area contributed by atoms with Crippen molar-refractivity contribution in [3.63, 3.8) is 0 Å². The monoisotopic (exact) mass is 263 g/mol. The van der Waals surface area contributed by atoms with Crippen LogP contribution < -0.4 is 15.4 Å². The Morgan fingerprint density at radius 1 is 1.47 bits per heavy atom. The second-order valence-corrected chi connectivity index (χ2v) is 6.08. The molecule has 0 saturated carbocycles. The fraction of sp³-hybridized carbons (Fsp3) is 0.900. The number of amides is 1. The number of nitrogens with one attached hydrogen (secondary N) is 3. The van der Waals surface area contributed by atoms with Gasteiger partial charge in [-0.2, -0.15) is 0 Å². The fourth-order valence-corrected chi connectivity index (χ4v) is 2.78. The third-order valence-electron chi connectivity index (χ3n) is 2.70. The number of hydrogen-bond donors (Lipinski definition) is 3. The van der Waals surface area contributed by atoms with Crippen molar-refractivity contribution in [1.82, 2.24) is 15.4 Å². The lowest BCUT2D eigenvalue weighted by molar-refractivity contribution is -0.125. The molecule has 0 aromatic heterocycles. The van der Waals surface area contributed by atoms with Gasteiger partial charge in [0.15, 0.2) is 0 Å². The van der Waals surface area contributed by atoms with E-state index in [1.807, 2.05) is 0 Å². The van der Waals surface area contributed by atoms with Gasteiger partial charge in [-0.3, -0.25) is 4.79 Å². The van der Waals surface area contributed by atoms with Crippen molar-refractivity contribution in [2.45, 2.75) is 19.8 Å². The van der Waals surface area contributed by atoms with Crippen LogP contribution in [0.25, 0.3) is 0 Å². The minimum absolute atomic E-state index is 0.0226. The van der Waals surface area contributed by atoms with Gasteiger partial charge in [0, 0.05) is 19.6 Å². The van der Waals surface area contributed by atoms with E-state index in [2.05, 4.69) is 15.4 Å². The van der Waals surface area contributed by atoms with E-state index in [1.165, 1.54) is 0 Å². The van der Waals surface area contributed by atoms with Gasteiger partial charge in [0.25, 0.3) is 0 Å². The molecule has 1 unspecified atom stereocenters. The van der Waals surface area contributed by atoms with E-state index in [4.69, 9.17) is 0 Å². The van der Waals surface area contributed by atoms with Crippen LogP contribution >= 0.6 is 0 Å². The van der Waals surface area contributed by atoms with E-state index in [0.29, 0.717) is 13.1 Å². The first-order valence-electron chi connectivity index (χ1n) is 6.01. The van der Waals surface area contributed by atoms with Gasteiger partial charge >= 0.3 is 0 Å². The van der Waals surface area contributed by atoms with Crippen molar-refractivity contribution in [2.75, 3.05) is 31.9 Å². The summed E-state index contributed by atoms with van der Waals surface area (Å²) in [7, 11) is -3.24. The number of rotatable bonds is 6. The lowest BCUT2D eigenvalue weighted by Crippen LogP contribution is -2.42. The molecule has 1 rings (SSSR count). The van der Waals surface area contributed by atoms with Crippen molar-refractivity contribution in [2.24, 2.45) is 5.92 Å². The molecule has 1 heterocycles. The minimum atomic E-state index is -3.24. The Morgan fingerprint density at radius 3 is 2.82 bits per heavy atom. The first kappa shape index (κ1) is 14.4. The van der Waals surface area contributed by atoms with Crippen LogP contribution in [0, 0.1) is 5.92 Å². The maximum Gasteiger partial charge on any atom is 0.224 e. The zero-order chi connectivity index (χ0) is 12.7. The minimum Gasteiger partial charge on any atom is -0.355 e. The van der Waals surface area contributed by atoms with Gasteiger partial charge in [-0.05, 0) is 19.4 Å². The summed E-state index contributed by atoms with van der Waals surface area (Å²) in [6.07, 6.45) is 1.87. The molecular weight excluding hydrogens is 242 g/mol. The second-order valence-electron chi connectivity index (χ2n) is 4.15. The zero-order valence-corrected chi connectivity index (χ0v) is 11.0. The smallest absolute Gasteiger partial charge is 0.224 e. The van der Waals surface area contributed by atoms with Crippen LogP contribution in [0.4, 0.5) is 0 Å². The summed E-state index contributed by atoms with van der Waals surface area (Å²) >= 11 is 0. The van der Waals surface area contributed by atoms with Gasteiger partial charge in [0.05, 0.1) is 11.7 Å². The van der Waals surface area contributed by atoms with Crippen molar-refractivity contribution < 1.29 is 13.2 Å². The lowest BCUT2D eigenvalue weighted by atomic mass is 9.99. The van der Waals surface area contributed by atoms with Crippen LogP contribution in [0.15, 0.2) is 0 Å². The van der Waals surface area contributed by atoms with Crippen molar-refractivity contribution >= 4 is 15.9 Å². The Morgan fingerprint density at radius 2 is 2.24 bits per heavy atom. The predicted octanol–water partition coefficient (Wildman–Crippen LogP) is -0.958. The number of piperidine rings is 1. The molecule has 3 N–H and O–H groups in total. The van der Waals surface area contributed by atoms with Crippen molar-refractivity contribution in [1.29, 1.82) is 0 Å². The molecule has 0 bridgehead atoms. The summed E-state index contributed by atoms with van der Waals surface area (Å²) in [5.74, 6) is -0.137. The van der Waals surface area contributed by atoms with Gasteiger partial charge in [-0.25, -0.2) is 13.1 Å². The van der Waals surface area contributed by atoms with Crippen LogP contribution in [0.5, 0.6) is 0 Å². The molecule has 0 radical (unpaired) electrons. The first-order chi connectivity index (χ1) is 8.05. The first-order valence-corrected chi connectivity index (χ1v) is 7.66. The van der Waals surface area contributed by atoms with E-state index in [0.717, 1.165) is 19.4 Å². The molecule has 1 saturated heterocycles. The molecule has 0 aromatic carbocycles. The van der Waals surface area contributed by atoms with Crippen LogP contribution in [-0.2, 0) is 14.8 Å². The van der Waals surface area contributed by atoms with E-state index in [1.54, 1.807) is 6.92 Å². The maximum absolute atomic E-state index is 11.7. The summed E-state index contributed by atoms with van der Waals surface area (Å²) in [4.78, 5) is 11.7. The summed E-state index contributed by atoms with van der Waals surface area (Å²) in [6, 6.07) is 0. The summed E-state index contributed by atoms with van der Waals surface area (Å²) < 4.78 is 25.0. The Labute approximate surface area is 103 Å². The average molecular weight is 263 g/mol. The Kier molecular flexibility index (Phi) is 5.87. The quantitative estimate of drug-likeness (QED) is 0.576. The Balaban J connectivity index is 2.24. The van der Waals surface area contributed by atoms with E-state index in [9.17, 15) is 13.2 Å². The normalized spacial score (nSPS) is 21.1. The van der Waals surface area contributed by atoms with Gasteiger partial charge in [-0.1, -0.05) is 6.92 Å². The largest absolute Gasteiger partial charge is 0.355 e. The zero-order valence-electron chi connectivity index (χ0n) is 10.2. The summed E-state index contributed by atoms with van der Waals surface area (Å²) in [5, 5.41) is 5.82. The molecule has 0 spiro atoms. The standard InChI is InChI=1S/C10H21N3O3S/c1-2-13-17(15,16)7-6-12-10(14)9-4-3-5-11-8-9/h9,11,13H,2-8H2,1H3,(H,12,14). The molecule has 1 aliphatic heterocycles. The number of hydrogen-bond acceptors (Lipinski definition) is 4. The molecular formula is C10H21N3O3S. The number of carbonyl (C=O) groups excluding carboxylic acids is 1. The SMILES string of the molecule is CCNS(=O)(=O)CCNC(=O)C1CCCNC1. The topological polar surface area (TPSA) is 87.3 Å². The maximum atomic E-state index is 11.7. The molecule has 1 aliphatic rings. The highest BCUT2D eigenvalue weighted by molar-refractivity contribution is 7.89. The highest BCUT2D eigenvalue weighted by Crippen LogP contribution is 2.09. The van der Waals surface area contributed by atoms with Gasteiger partial charge in [-0.15, -0.1) is 0 Å². The Bertz CT molecular complexity index is 337. The molecule has 0 aromatic rings. The highest BCUT2D eigenvalue weighted by Gasteiger charge is 2.20. The van der Waals surface area contributed by atoms with Crippen molar-refractivity contribution in [3.05, 3.63) is 0 Å². The summed E-state index contributed by atoms with van der Waals surface area (Å²) in [5.41, 5.74) is 0. The van der Waals surface area contributed by atoms with Gasteiger partial charge in [0.2, 0.25) is 15.9 Å². The van der Waals surface area contributed by atoms with Gasteiger partial charge < -0.3 is 10.6 Å². The number of sulfonamides is 1. The average Bonchev–Trinajstić information content (AvgIpc) is 2.29. The predicted molar refractivity (Wildman–Crippen MR) is 66.1 cm³/mol. The molecule has 1 fully saturated rings. The third-order valence-corrected chi connectivity index (χ3v) is 4.17. The summed E-state index contributed by atoms with van der Waals surface area (Å²) in [6.45, 7) is 3.92. The molecule has 0 aliphatic carbocycles. The molecule has 7 heteroatoms. The van der Waals surface area contributed by atoms with Gasteiger partial charge in [0.1, 0.15) is 0 Å². The third kappa shape index (κ3) is 5.47. The molecule has 17 heavy (non-hydrogen) atoms. The molecule has 100 valence electrons. The fourth-order valence-electron chi connectivity index (χ4n) is 1.82. The number of carbonyl (C=O) groups is 1. The molecule has 1 amide bonds. The van der Waals surface area contributed by atoms with Crippen molar-refractivity contribution in [3.8, 4) is 0 Å². The van der Waals surface area contributed by atoms with Crippen LogP contribution in [0.3, 0.4) is 0 Å². The second kappa shape index (κ2) is 6.93. The lowest BCUT2D eigenvalue weighted by Gasteiger charge is -2.21. The van der Waals surface area contributed by atoms with E-state index < -0.39 is 10.0 Å². The van der Waals surface area contributed by atoms with E-state index in [-0.39, 0.29) is 24.1 Å². The molecule has 1 atom stereocenters. The van der Waals surface area contributed by atoms with E-state index >= 15 is 0 Å².